The third-order valence-corrected chi connectivity index (χ3v) is 5.18. The van der Waals surface area contributed by atoms with Crippen molar-refractivity contribution in [3.8, 4) is 11.8 Å². The fraction of sp³-hybridized carbons (Fsp3) is 0.409. The van der Waals surface area contributed by atoms with E-state index >= 15 is 0 Å². The van der Waals surface area contributed by atoms with Crippen molar-refractivity contribution < 1.29 is 9.84 Å². The lowest BCUT2D eigenvalue weighted by Gasteiger charge is -2.37. The Balaban J connectivity index is 1.44. The van der Waals surface area contributed by atoms with Gasteiger partial charge in [0.1, 0.15) is 18.5 Å². The lowest BCUT2D eigenvalue weighted by Crippen LogP contribution is -2.49. The van der Waals surface area contributed by atoms with Crippen LogP contribution in [0.2, 0.25) is 0 Å². The Kier molecular flexibility index (Phi) is 6.33. The molecule has 0 bridgehead atoms. The van der Waals surface area contributed by atoms with E-state index in [1.807, 2.05) is 0 Å². The third kappa shape index (κ3) is 5.00. The number of aliphatic hydroxyl groups excluding tert-OH is 1. The first kappa shape index (κ1) is 19.2. The van der Waals surface area contributed by atoms with E-state index in [2.05, 4.69) is 47.9 Å². The lowest BCUT2D eigenvalue weighted by molar-refractivity contribution is 0.0663. The Hall–Kier alpha value is -2.55. The summed E-state index contributed by atoms with van der Waals surface area (Å²) in [5, 5.41) is 19.1. The van der Waals surface area contributed by atoms with Crippen molar-refractivity contribution in [3.05, 3.63) is 59.2 Å². The van der Waals surface area contributed by atoms with Gasteiger partial charge in [0.05, 0.1) is 11.6 Å². The molecule has 1 fully saturated rings. The molecule has 5 nitrogen and oxygen atoms in total. The molecule has 1 atom stereocenters. The maximum Gasteiger partial charge on any atom is 0.119 e. The minimum Gasteiger partial charge on any atom is -0.491 e. The topological polar surface area (TPSA) is 59.7 Å². The number of anilines is 1. The molecule has 1 heterocycles. The van der Waals surface area contributed by atoms with Gasteiger partial charge in [-0.15, -0.1) is 0 Å². The molecule has 1 saturated heterocycles. The lowest BCUT2D eigenvalue weighted by atomic mass is 10.1. The number of β-amino-alcohol motifs (C(OH)–C–C–N with tert-alkyl or cyclic N) is 1. The molecule has 5 heteroatoms. The number of benzene rings is 2. The minimum atomic E-state index is -0.534. The van der Waals surface area contributed by atoms with Crippen LogP contribution in [-0.2, 0) is 0 Å². The number of hydrogen-bond acceptors (Lipinski definition) is 5. The predicted octanol–water partition coefficient (Wildman–Crippen LogP) is 2.74. The number of aliphatic hydroxyl groups is 1. The molecule has 1 aliphatic rings. The summed E-state index contributed by atoms with van der Waals surface area (Å²) in [4.78, 5) is 4.72. The fourth-order valence-electron chi connectivity index (χ4n) is 3.42. The van der Waals surface area contributed by atoms with Crippen LogP contribution >= 0.6 is 0 Å². The predicted molar refractivity (Wildman–Crippen MR) is 107 cm³/mol. The van der Waals surface area contributed by atoms with Crippen LogP contribution in [0.5, 0.6) is 5.75 Å². The first-order valence-corrected chi connectivity index (χ1v) is 9.41. The van der Waals surface area contributed by atoms with E-state index < -0.39 is 6.10 Å². The van der Waals surface area contributed by atoms with Crippen molar-refractivity contribution >= 4 is 5.69 Å². The second-order valence-electron chi connectivity index (χ2n) is 7.11. The van der Waals surface area contributed by atoms with Gasteiger partial charge in [-0.2, -0.15) is 5.26 Å². The summed E-state index contributed by atoms with van der Waals surface area (Å²) < 4.78 is 5.63. The van der Waals surface area contributed by atoms with Crippen LogP contribution in [0.3, 0.4) is 0 Å². The summed E-state index contributed by atoms with van der Waals surface area (Å²) in [6.45, 7) is 8.99. The van der Waals surface area contributed by atoms with Crippen LogP contribution in [0.1, 0.15) is 16.7 Å². The highest BCUT2D eigenvalue weighted by Gasteiger charge is 2.20. The Morgan fingerprint density at radius 1 is 1.07 bits per heavy atom. The molecule has 1 unspecified atom stereocenters. The number of aryl methyl sites for hydroxylation is 1. The molecule has 2 aromatic rings. The zero-order chi connectivity index (χ0) is 19.2. The van der Waals surface area contributed by atoms with Gasteiger partial charge in [0.15, 0.2) is 0 Å². The van der Waals surface area contributed by atoms with Crippen molar-refractivity contribution in [1.29, 1.82) is 5.26 Å². The summed E-state index contributed by atoms with van der Waals surface area (Å²) in [6.07, 6.45) is -0.534. The maximum atomic E-state index is 10.3. The van der Waals surface area contributed by atoms with Gasteiger partial charge in [-0.3, -0.25) is 4.90 Å². The molecule has 0 amide bonds. The van der Waals surface area contributed by atoms with E-state index in [1.54, 1.807) is 24.3 Å². The molecular weight excluding hydrogens is 338 g/mol. The van der Waals surface area contributed by atoms with Crippen LogP contribution in [0, 0.1) is 25.2 Å². The fourth-order valence-corrected chi connectivity index (χ4v) is 3.42. The average molecular weight is 365 g/mol. The molecule has 1 N–H and O–H groups in total. The summed E-state index contributed by atoms with van der Waals surface area (Å²) in [7, 11) is 0. The van der Waals surface area contributed by atoms with Gasteiger partial charge < -0.3 is 14.7 Å². The van der Waals surface area contributed by atoms with Crippen molar-refractivity contribution in [1.82, 2.24) is 4.90 Å². The van der Waals surface area contributed by atoms with E-state index in [-0.39, 0.29) is 6.61 Å². The normalized spacial score (nSPS) is 16.0. The molecular formula is C22H27N3O2. The van der Waals surface area contributed by atoms with E-state index in [9.17, 15) is 5.11 Å². The number of rotatable bonds is 6. The van der Waals surface area contributed by atoms with Gasteiger partial charge in [-0.1, -0.05) is 12.1 Å². The van der Waals surface area contributed by atoms with E-state index in [1.165, 1.54) is 16.8 Å². The van der Waals surface area contributed by atoms with Gasteiger partial charge >= 0.3 is 0 Å². The minimum absolute atomic E-state index is 0.253. The smallest absolute Gasteiger partial charge is 0.119 e. The number of hydrogen-bond donors (Lipinski definition) is 1. The first-order chi connectivity index (χ1) is 13.1. The zero-order valence-corrected chi connectivity index (χ0v) is 16.1. The summed E-state index contributed by atoms with van der Waals surface area (Å²) >= 11 is 0. The van der Waals surface area contributed by atoms with Crippen LogP contribution in [-0.4, -0.2) is 55.4 Å². The molecule has 0 aromatic heterocycles. The van der Waals surface area contributed by atoms with Gasteiger partial charge in [0.25, 0.3) is 0 Å². The molecule has 142 valence electrons. The van der Waals surface area contributed by atoms with Crippen LogP contribution in [0.25, 0.3) is 0 Å². The molecule has 0 aliphatic carbocycles. The average Bonchev–Trinajstić information content (AvgIpc) is 2.70. The van der Waals surface area contributed by atoms with E-state index in [4.69, 9.17) is 10.00 Å². The van der Waals surface area contributed by atoms with Gasteiger partial charge in [0, 0.05) is 38.4 Å². The maximum absolute atomic E-state index is 10.3. The van der Waals surface area contributed by atoms with Crippen LogP contribution < -0.4 is 9.64 Å². The molecule has 2 aromatic carbocycles. The van der Waals surface area contributed by atoms with E-state index in [0.717, 1.165) is 26.2 Å². The first-order valence-electron chi connectivity index (χ1n) is 9.41. The van der Waals surface area contributed by atoms with Gasteiger partial charge in [-0.25, -0.2) is 0 Å². The Morgan fingerprint density at radius 2 is 1.78 bits per heavy atom. The van der Waals surface area contributed by atoms with Crippen LogP contribution in [0.4, 0.5) is 5.69 Å². The second kappa shape index (κ2) is 8.90. The van der Waals surface area contributed by atoms with Crippen molar-refractivity contribution in [2.24, 2.45) is 0 Å². The number of piperazine rings is 1. The van der Waals surface area contributed by atoms with Crippen molar-refractivity contribution in [3.63, 3.8) is 0 Å². The highest BCUT2D eigenvalue weighted by atomic mass is 16.5. The number of ether oxygens (including phenoxy) is 1. The highest BCUT2D eigenvalue weighted by Crippen LogP contribution is 2.23. The molecule has 3 rings (SSSR count). The molecule has 0 saturated carbocycles. The monoisotopic (exact) mass is 365 g/mol. The second-order valence-corrected chi connectivity index (χ2v) is 7.11. The van der Waals surface area contributed by atoms with Crippen molar-refractivity contribution in [2.75, 3.05) is 44.2 Å². The van der Waals surface area contributed by atoms with E-state index in [0.29, 0.717) is 17.9 Å². The summed E-state index contributed by atoms with van der Waals surface area (Å²) in [5.41, 5.74) is 4.59. The molecule has 0 spiro atoms. The quantitative estimate of drug-likeness (QED) is 0.853. The molecule has 0 radical (unpaired) electrons. The number of nitriles is 1. The van der Waals surface area contributed by atoms with Gasteiger partial charge in [0.2, 0.25) is 0 Å². The standard InChI is InChI=1S/C22H27N3O2/c1-17-4-3-5-22(18(17)2)25-12-10-24(11-13-25)15-20(26)16-27-21-8-6-19(14-23)7-9-21/h3-9,20,26H,10-13,15-16H2,1-2H3. The largest absolute Gasteiger partial charge is 0.491 e. The summed E-state index contributed by atoms with van der Waals surface area (Å²) in [6, 6.07) is 15.5. The Bertz CT molecular complexity index is 790. The van der Waals surface area contributed by atoms with Crippen LogP contribution in [0.15, 0.2) is 42.5 Å². The summed E-state index contributed by atoms with van der Waals surface area (Å²) in [5.74, 6) is 0.674. The number of nitrogens with zero attached hydrogens (tertiary/aromatic N) is 3. The highest BCUT2D eigenvalue weighted by molar-refractivity contribution is 5.56. The third-order valence-electron chi connectivity index (χ3n) is 5.18. The molecule has 1 aliphatic heterocycles. The SMILES string of the molecule is Cc1cccc(N2CCN(CC(O)COc3ccc(C#N)cc3)CC2)c1C. The van der Waals surface area contributed by atoms with Crippen molar-refractivity contribution in [2.45, 2.75) is 20.0 Å². The van der Waals surface area contributed by atoms with Gasteiger partial charge in [-0.05, 0) is 55.3 Å². The zero-order valence-electron chi connectivity index (χ0n) is 16.1. The Morgan fingerprint density at radius 3 is 2.44 bits per heavy atom. The Labute approximate surface area is 161 Å². The molecule has 27 heavy (non-hydrogen) atoms.